The van der Waals surface area contributed by atoms with Crippen LogP contribution in [0.3, 0.4) is 0 Å². The Kier molecular flexibility index (Phi) is 6.06. The SMILES string of the molecule is CC(C)NCc1cccc(Cl)c1SCC1CCCC1. The Labute approximate surface area is 126 Å². The molecule has 0 atom stereocenters. The molecular formula is C16H24ClNS. The summed E-state index contributed by atoms with van der Waals surface area (Å²) in [5, 5.41) is 4.39. The molecule has 1 nitrogen and oxygen atoms in total. The van der Waals surface area contributed by atoms with Crippen molar-refractivity contribution in [1.29, 1.82) is 0 Å². The number of hydrogen-bond donors (Lipinski definition) is 1. The predicted molar refractivity (Wildman–Crippen MR) is 86.1 cm³/mol. The maximum Gasteiger partial charge on any atom is 0.0545 e. The van der Waals surface area contributed by atoms with Gasteiger partial charge in [0, 0.05) is 23.2 Å². The summed E-state index contributed by atoms with van der Waals surface area (Å²) in [6, 6.07) is 6.77. The van der Waals surface area contributed by atoms with Gasteiger partial charge < -0.3 is 5.32 Å². The van der Waals surface area contributed by atoms with E-state index in [1.165, 1.54) is 41.9 Å². The number of thioether (sulfide) groups is 1. The Morgan fingerprint density at radius 3 is 2.74 bits per heavy atom. The number of halogens is 1. The van der Waals surface area contributed by atoms with Crippen LogP contribution >= 0.6 is 23.4 Å². The molecule has 0 saturated heterocycles. The molecule has 1 aliphatic rings. The summed E-state index contributed by atoms with van der Waals surface area (Å²) < 4.78 is 0. The van der Waals surface area contributed by atoms with Crippen molar-refractivity contribution >= 4 is 23.4 Å². The highest BCUT2D eigenvalue weighted by atomic mass is 35.5. The van der Waals surface area contributed by atoms with E-state index in [0.717, 1.165) is 17.5 Å². The van der Waals surface area contributed by atoms with E-state index in [4.69, 9.17) is 11.6 Å². The summed E-state index contributed by atoms with van der Waals surface area (Å²) in [6.45, 7) is 5.26. The third kappa shape index (κ3) is 4.70. The standard InChI is InChI=1S/C16H24ClNS/c1-12(2)18-10-14-8-5-9-15(17)16(14)19-11-13-6-3-4-7-13/h5,8-9,12-13,18H,3-4,6-7,10-11H2,1-2H3. The Morgan fingerprint density at radius 1 is 1.32 bits per heavy atom. The van der Waals surface area contributed by atoms with Gasteiger partial charge in [0.1, 0.15) is 0 Å². The van der Waals surface area contributed by atoms with Gasteiger partial charge in [-0.15, -0.1) is 11.8 Å². The highest BCUT2D eigenvalue weighted by Crippen LogP contribution is 2.35. The van der Waals surface area contributed by atoms with Gasteiger partial charge in [-0.3, -0.25) is 0 Å². The highest BCUT2D eigenvalue weighted by Gasteiger charge is 2.17. The van der Waals surface area contributed by atoms with Crippen LogP contribution in [0.15, 0.2) is 23.1 Å². The number of benzene rings is 1. The van der Waals surface area contributed by atoms with Crippen molar-refractivity contribution in [3.05, 3.63) is 28.8 Å². The summed E-state index contributed by atoms with van der Waals surface area (Å²) >= 11 is 8.33. The van der Waals surface area contributed by atoms with Gasteiger partial charge in [-0.2, -0.15) is 0 Å². The molecule has 1 aliphatic carbocycles. The lowest BCUT2D eigenvalue weighted by Crippen LogP contribution is -2.22. The zero-order valence-corrected chi connectivity index (χ0v) is 13.5. The van der Waals surface area contributed by atoms with E-state index in [2.05, 4.69) is 31.3 Å². The van der Waals surface area contributed by atoms with Crippen molar-refractivity contribution in [2.45, 2.75) is 57.0 Å². The van der Waals surface area contributed by atoms with Gasteiger partial charge in [0.15, 0.2) is 0 Å². The topological polar surface area (TPSA) is 12.0 Å². The molecule has 1 aromatic rings. The van der Waals surface area contributed by atoms with E-state index in [-0.39, 0.29) is 0 Å². The minimum Gasteiger partial charge on any atom is -0.310 e. The molecule has 1 fully saturated rings. The number of hydrogen-bond acceptors (Lipinski definition) is 2. The molecule has 0 aromatic heterocycles. The number of nitrogens with one attached hydrogen (secondary N) is 1. The Bertz CT molecular complexity index is 400. The minimum atomic E-state index is 0.506. The molecular weight excluding hydrogens is 274 g/mol. The second kappa shape index (κ2) is 7.56. The van der Waals surface area contributed by atoms with Crippen LogP contribution in [0.25, 0.3) is 0 Å². The second-order valence-corrected chi connectivity index (χ2v) is 7.16. The number of rotatable bonds is 6. The Morgan fingerprint density at radius 2 is 2.05 bits per heavy atom. The maximum absolute atomic E-state index is 6.38. The molecule has 2 rings (SSSR count). The first-order valence-corrected chi connectivity index (χ1v) is 8.66. The molecule has 0 spiro atoms. The molecule has 0 aliphatic heterocycles. The zero-order valence-electron chi connectivity index (χ0n) is 11.9. The smallest absolute Gasteiger partial charge is 0.0545 e. The summed E-state index contributed by atoms with van der Waals surface area (Å²) in [4.78, 5) is 1.28. The van der Waals surface area contributed by atoms with E-state index in [0.29, 0.717) is 6.04 Å². The molecule has 1 N–H and O–H groups in total. The van der Waals surface area contributed by atoms with Crippen molar-refractivity contribution in [2.24, 2.45) is 5.92 Å². The average molecular weight is 298 g/mol. The van der Waals surface area contributed by atoms with Crippen LogP contribution < -0.4 is 5.32 Å². The molecule has 0 bridgehead atoms. The lowest BCUT2D eigenvalue weighted by Gasteiger charge is -2.15. The first-order chi connectivity index (χ1) is 9.16. The lowest BCUT2D eigenvalue weighted by atomic mass is 10.1. The van der Waals surface area contributed by atoms with Gasteiger partial charge >= 0.3 is 0 Å². The van der Waals surface area contributed by atoms with Crippen molar-refractivity contribution in [2.75, 3.05) is 5.75 Å². The van der Waals surface area contributed by atoms with E-state index < -0.39 is 0 Å². The second-order valence-electron chi connectivity index (χ2n) is 5.73. The van der Waals surface area contributed by atoms with Crippen LogP contribution in [-0.2, 0) is 6.54 Å². The first kappa shape index (κ1) is 15.2. The molecule has 1 aromatic carbocycles. The monoisotopic (exact) mass is 297 g/mol. The van der Waals surface area contributed by atoms with Crippen LogP contribution in [0, 0.1) is 5.92 Å². The first-order valence-electron chi connectivity index (χ1n) is 7.30. The normalized spacial score (nSPS) is 16.4. The van der Waals surface area contributed by atoms with Crippen LogP contribution in [-0.4, -0.2) is 11.8 Å². The van der Waals surface area contributed by atoms with Gasteiger partial charge in [-0.05, 0) is 30.4 Å². The fraction of sp³-hybridized carbons (Fsp3) is 0.625. The van der Waals surface area contributed by atoms with Crippen molar-refractivity contribution in [1.82, 2.24) is 5.32 Å². The average Bonchev–Trinajstić information content (AvgIpc) is 2.88. The third-order valence-corrected chi connectivity index (χ3v) is 5.52. The Balaban J connectivity index is 1.99. The van der Waals surface area contributed by atoms with E-state index in [1.54, 1.807) is 0 Å². The van der Waals surface area contributed by atoms with Crippen molar-refractivity contribution in [3.63, 3.8) is 0 Å². The highest BCUT2D eigenvalue weighted by molar-refractivity contribution is 7.99. The molecule has 106 valence electrons. The van der Waals surface area contributed by atoms with Gasteiger partial charge in [-0.1, -0.05) is 50.4 Å². The maximum atomic E-state index is 6.38. The van der Waals surface area contributed by atoms with Gasteiger partial charge in [0.2, 0.25) is 0 Å². The largest absolute Gasteiger partial charge is 0.310 e. The van der Waals surface area contributed by atoms with Crippen LogP contribution in [0.1, 0.15) is 45.1 Å². The summed E-state index contributed by atoms with van der Waals surface area (Å²) in [6.07, 6.45) is 5.62. The summed E-state index contributed by atoms with van der Waals surface area (Å²) in [7, 11) is 0. The van der Waals surface area contributed by atoms with Crippen molar-refractivity contribution < 1.29 is 0 Å². The minimum absolute atomic E-state index is 0.506. The molecule has 0 unspecified atom stereocenters. The zero-order chi connectivity index (χ0) is 13.7. The lowest BCUT2D eigenvalue weighted by molar-refractivity contribution is 0.584. The fourth-order valence-electron chi connectivity index (χ4n) is 2.55. The van der Waals surface area contributed by atoms with E-state index in [1.807, 2.05) is 17.8 Å². The molecule has 0 amide bonds. The van der Waals surface area contributed by atoms with Gasteiger partial charge in [0.05, 0.1) is 5.02 Å². The summed E-state index contributed by atoms with van der Waals surface area (Å²) in [5.74, 6) is 2.12. The molecule has 3 heteroatoms. The molecule has 19 heavy (non-hydrogen) atoms. The molecule has 1 saturated carbocycles. The Hall–Kier alpha value is -0.180. The van der Waals surface area contributed by atoms with Crippen LogP contribution in [0.5, 0.6) is 0 Å². The molecule has 0 heterocycles. The van der Waals surface area contributed by atoms with Crippen molar-refractivity contribution in [3.8, 4) is 0 Å². The van der Waals surface area contributed by atoms with Gasteiger partial charge in [-0.25, -0.2) is 0 Å². The van der Waals surface area contributed by atoms with Crippen LogP contribution in [0.4, 0.5) is 0 Å². The third-order valence-electron chi connectivity index (χ3n) is 3.69. The fourth-order valence-corrected chi connectivity index (χ4v) is 4.17. The predicted octanol–water partition coefficient (Wildman–Crippen LogP) is 5.12. The van der Waals surface area contributed by atoms with Gasteiger partial charge in [0.25, 0.3) is 0 Å². The van der Waals surface area contributed by atoms with E-state index in [9.17, 15) is 0 Å². The molecule has 0 radical (unpaired) electrons. The summed E-state index contributed by atoms with van der Waals surface area (Å²) in [5.41, 5.74) is 1.34. The van der Waals surface area contributed by atoms with Crippen LogP contribution in [0.2, 0.25) is 5.02 Å². The quantitative estimate of drug-likeness (QED) is 0.731. The van der Waals surface area contributed by atoms with E-state index >= 15 is 0 Å².